The minimum atomic E-state index is -0.120. The van der Waals surface area contributed by atoms with Crippen LogP contribution in [0.25, 0.3) is 17.1 Å². The summed E-state index contributed by atoms with van der Waals surface area (Å²) in [5.41, 5.74) is 2.50. The van der Waals surface area contributed by atoms with E-state index in [9.17, 15) is 4.79 Å². The van der Waals surface area contributed by atoms with Gasteiger partial charge in [-0.3, -0.25) is 9.36 Å². The molecule has 0 aliphatic rings. The van der Waals surface area contributed by atoms with Crippen LogP contribution in [0, 0.1) is 0 Å². The number of para-hydroxylation sites is 1. The number of anilines is 1. The van der Waals surface area contributed by atoms with Gasteiger partial charge in [0.1, 0.15) is 0 Å². The van der Waals surface area contributed by atoms with Crippen LogP contribution in [-0.2, 0) is 4.79 Å². The molecule has 5 nitrogen and oxygen atoms in total. The van der Waals surface area contributed by atoms with Gasteiger partial charge in [0.2, 0.25) is 5.91 Å². The maximum atomic E-state index is 12.4. The highest BCUT2D eigenvalue weighted by Gasteiger charge is 2.17. The van der Waals surface area contributed by atoms with Crippen LogP contribution in [0.3, 0.4) is 0 Å². The first-order valence-corrected chi connectivity index (χ1v) is 11.2. The SMILES string of the molecule is O=C(CSc1nnc(-c2cccc(Cl)c2)n1-c1ccccc1)Nc1cccc(Br)c1. The zero-order valence-electron chi connectivity index (χ0n) is 15.6. The molecule has 0 radical (unpaired) electrons. The van der Waals surface area contributed by atoms with Crippen molar-refractivity contribution in [3.05, 3.63) is 88.4 Å². The summed E-state index contributed by atoms with van der Waals surface area (Å²) in [6.45, 7) is 0. The number of rotatable bonds is 6. The van der Waals surface area contributed by atoms with Crippen molar-refractivity contribution in [3.8, 4) is 17.1 Å². The van der Waals surface area contributed by atoms with Gasteiger partial charge < -0.3 is 5.32 Å². The maximum absolute atomic E-state index is 12.4. The summed E-state index contributed by atoms with van der Waals surface area (Å²) in [5.74, 6) is 0.746. The van der Waals surface area contributed by atoms with Gasteiger partial charge in [-0.1, -0.05) is 75.7 Å². The molecule has 0 unspecified atom stereocenters. The number of halogens is 2. The Labute approximate surface area is 191 Å². The monoisotopic (exact) mass is 498 g/mol. The Morgan fingerprint density at radius 3 is 2.57 bits per heavy atom. The molecule has 0 atom stereocenters. The van der Waals surface area contributed by atoms with Crippen LogP contribution in [0.4, 0.5) is 5.69 Å². The Hall–Kier alpha value is -2.61. The predicted molar refractivity (Wildman–Crippen MR) is 125 cm³/mol. The number of nitrogens with zero attached hydrogens (tertiary/aromatic N) is 3. The highest BCUT2D eigenvalue weighted by atomic mass is 79.9. The molecule has 1 aromatic heterocycles. The number of amides is 1. The zero-order chi connectivity index (χ0) is 20.9. The fraction of sp³-hybridized carbons (Fsp3) is 0.0455. The van der Waals surface area contributed by atoms with Crippen LogP contribution in [0.15, 0.2) is 88.5 Å². The second kappa shape index (κ2) is 9.47. The predicted octanol–water partition coefficient (Wildman–Crippen LogP) is 6.08. The van der Waals surface area contributed by atoms with Gasteiger partial charge in [-0.15, -0.1) is 10.2 Å². The molecule has 150 valence electrons. The lowest BCUT2D eigenvalue weighted by molar-refractivity contribution is -0.113. The molecule has 0 saturated heterocycles. The molecule has 1 heterocycles. The third-order valence-corrected chi connectivity index (χ3v) is 5.83. The topological polar surface area (TPSA) is 59.8 Å². The molecule has 0 saturated carbocycles. The second-order valence-electron chi connectivity index (χ2n) is 6.33. The van der Waals surface area contributed by atoms with Crippen molar-refractivity contribution in [2.24, 2.45) is 0 Å². The summed E-state index contributed by atoms with van der Waals surface area (Å²) >= 11 is 10.9. The second-order valence-corrected chi connectivity index (χ2v) is 8.63. The van der Waals surface area contributed by atoms with E-state index in [0.29, 0.717) is 16.0 Å². The van der Waals surface area contributed by atoms with Gasteiger partial charge in [0.05, 0.1) is 5.75 Å². The molecule has 4 aromatic rings. The van der Waals surface area contributed by atoms with E-state index in [2.05, 4.69) is 31.4 Å². The first kappa shape index (κ1) is 20.7. The number of carbonyl (C=O) groups is 1. The lowest BCUT2D eigenvalue weighted by atomic mass is 10.2. The van der Waals surface area contributed by atoms with Crippen molar-refractivity contribution in [1.82, 2.24) is 14.8 Å². The number of nitrogens with one attached hydrogen (secondary N) is 1. The number of thioether (sulfide) groups is 1. The average molecular weight is 500 g/mol. The molecule has 0 aliphatic carbocycles. The average Bonchev–Trinajstić information content (AvgIpc) is 3.17. The summed E-state index contributed by atoms with van der Waals surface area (Å²) < 4.78 is 2.84. The maximum Gasteiger partial charge on any atom is 0.234 e. The van der Waals surface area contributed by atoms with Gasteiger partial charge >= 0.3 is 0 Å². The van der Waals surface area contributed by atoms with E-state index in [1.54, 1.807) is 0 Å². The third kappa shape index (κ3) is 4.92. The van der Waals surface area contributed by atoms with Crippen LogP contribution in [0.2, 0.25) is 5.02 Å². The highest BCUT2D eigenvalue weighted by Crippen LogP contribution is 2.29. The zero-order valence-corrected chi connectivity index (χ0v) is 18.8. The summed E-state index contributed by atoms with van der Waals surface area (Å²) in [6, 6.07) is 24.7. The van der Waals surface area contributed by atoms with E-state index in [1.165, 1.54) is 11.8 Å². The van der Waals surface area contributed by atoms with E-state index >= 15 is 0 Å². The molecule has 4 rings (SSSR count). The number of carbonyl (C=O) groups excluding carboxylic acids is 1. The quantitative estimate of drug-likeness (QED) is 0.327. The minimum absolute atomic E-state index is 0.120. The molecular weight excluding hydrogens is 484 g/mol. The smallest absolute Gasteiger partial charge is 0.234 e. The largest absolute Gasteiger partial charge is 0.325 e. The number of hydrogen-bond acceptors (Lipinski definition) is 4. The Bertz CT molecular complexity index is 1180. The lowest BCUT2D eigenvalue weighted by Gasteiger charge is -2.10. The van der Waals surface area contributed by atoms with E-state index < -0.39 is 0 Å². The molecule has 1 amide bonds. The molecular formula is C22H16BrClN4OS. The van der Waals surface area contributed by atoms with Gasteiger partial charge in [0, 0.05) is 26.4 Å². The number of aromatic nitrogens is 3. The van der Waals surface area contributed by atoms with Crippen molar-refractivity contribution in [2.45, 2.75) is 5.16 Å². The Morgan fingerprint density at radius 2 is 1.80 bits per heavy atom. The van der Waals surface area contributed by atoms with Crippen molar-refractivity contribution < 1.29 is 4.79 Å². The molecule has 0 fully saturated rings. The fourth-order valence-corrected chi connectivity index (χ4v) is 4.22. The fourth-order valence-electron chi connectivity index (χ4n) is 2.88. The Kier molecular flexibility index (Phi) is 6.52. The van der Waals surface area contributed by atoms with Gasteiger partial charge in [0.15, 0.2) is 11.0 Å². The first-order chi connectivity index (χ1) is 14.6. The lowest BCUT2D eigenvalue weighted by Crippen LogP contribution is -2.14. The standard InChI is InChI=1S/C22H16BrClN4OS/c23-16-7-5-9-18(13-16)25-20(29)14-30-22-27-26-21(15-6-4-8-17(24)12-15)28(22)19-10-2-1-3-11-19/h1-13H,14H2,(H,25,29). The van der Waals surface area contributed by atoms with Crippen LogP contribution >= 0.6 is 39.3 Å². The van der Waals surface area contributed by atoms with Crippen LogP contribution in [0.1, 0.15) is 0 Å². The Morgan fingerprint density at radius 1 is 1.00 bits per heavy atom. The summed E-state index contributed by atoms with van der Waals surface area (Å²) in [4.78, 5) is 12.4. The highest BCUT2D eigenvalue weighted by molar-refractivity contribution is 9.10. The van der Waals surface area contributed by atoms with Gasteiger partial charge in [-0.05, 0) is 42.5 Å². The Balaban J connectivity index is 1.59. The summed E-state index contributed by atoms with van der Waals surface area (Å²) in [7, 11) is 0. The molecule has 8 heteroatoms. The summed E-state index contributed by atoms with van der Waals surface area (Å²) in [6.07, 6.45) is 0. The molecule has 0 aliphatic heterocycles. The van der Waals surface area contributed by atoms with E-state index in [0.717, 1.165) is 21.4 Å². The normalized spacial score (nSPS) is 10.7. The third-order valence-electron chi connectivity index (χ3n) is 4.17. The number of hydrogen-bond donors (Lipinski definition) is 1. The van der Waals surface area contributed by atoms with Crippen molar-refractivity contribution in [2.75, 3.05) is 11.1 Å². The minimum Gasteiger partial charge on any atom is -0.325 e. The van der Waals surface area contributed by atoms with Crippen LogP contribution < -0.4 is 5.32 Å². The summed E-state index contributed by atoms with van der Waals surface area (Å²) in [5, 5.41) is 12.9. The molecule has 0 spiro atoms. The molecule has 3 aromatic carbocycles. The van der Waals surface area contributed by atoms with Gasteiger partial charge in [-0.25, -0.2) is 0 Å². The van der Waals surface area contributed by atoms with Crippen molar-refractivity contribution in [1.29, 1.82) is 0 Å². The van der Waals surface area contributed by atoms with Crippen molar-refractivity contribution in [3.63, 3.8) is 0 Å². The molecule has 1 N–H and O–H groups in total. The first-order valence-electron chi connectivity index (χ1n) is 9.05. The van der Waals surface area contributed by atoms with Crippen molar-refractivity contribution >= 4 is 50.9 Å². The number of benzene rings is 3. The van der Waals surface area contributed by atoms with Gasteiger partial charge in [0.25, 0.3) is 0 Å². The van der Waals surface area contributed by atoms with Gasteiger partial charge in [-0.2, -0.15) is 0 Å². The molecule has 30 heavy (non-hydrogen) atoms. The molecule has 0 bridgehead atoms. The van der Waals surface area contributed by atoms with Crippen LogP contribution in [-0.4, -0.2) is 26.4 Å². The van der Waals surface area contributed by atoms with E-state index in [4.69, 9.17) is 11.6 Å². The van der Waals surface area contributed by atoms with E-state index in [-0.39, 0.29) is 11.7 Å². The van der Waals surface area contributed by atoms with E-state index in [1.807, 2.05) is 83.4 Å². The van der Waals surface area contributed by atoms with Crippen LogP contribution in [0.5, 0.6) is 0 Å².